The molecule has 1 fully saturated rings. The zero-order valence-electron chi connectivity index (χ0n) is 8.85. The van der Waals surface area contributed by atoms with Crippen molar-refractivity contribution in [3.63, 3.8) is 0 Å². The first-order valence-corrected chi connectivity index (χ1v) is 5.15. The molecule has 0 heterocycles. The van der Waals surface area contributed by atoms with Crippen molar-refractivity contribution in [2.24, 2.45) is 11.8 Å². The van der Waals surface area contributed by atoms with Gasteiger partial charge in [0.2, 0.25) is 0 Å². The molecule has 14 heavy (non-hydrogen) atoms. The summed E-state index contributed by atoms with van der Waals surface area (Å²) in [5.41, 5.74) is 0. The van der Waals surface area contributed by atoms with E-state index in [1.165, 1.54) is 19.9 Å². The Labute approximate surface area is 84.0 Å². The Kier molecular flexibility index (Phi) is 4.26. The summed E-state index contributed by atoms with van der Waals surface area (Å²) in [6, 6.07) is 0. The summed E-state index contributed by atoms with van der Waals surface area (Å²) in [5, 5.41) is 2.45. The van der Waals surface area contributed by atoms with Crippen molar-refractivity contribution in [2.45, 2.75) is 25.7 Å². The van der Waals surface area contributed by atoms with Gasteiger partial charge in [0.1, 0.15) is 6.61 Å². The van der Waals surface area contributed by atoms with Gasteiger partial charge in [-0.1, -0.05) is 6.92 Å². The standard InChI is InChI=1S/C10H19F2NO/c1-8(9-3-4-9)5-14-7-10(11,12)6-13-2/h8-9,13H,3-7H2,1-2H3. The van der Waals surface area contributed by atoms with E-state index in [9.17, 15) is 8.78 Å². The third kappa shape index (κ3) is 4.33. The minimum Gasteiger partial charge on any atom is -0.375 e. The molecule has 0 saturated heterocycles. The molecule has 0 amide bonds. The van der Waals surface area contributed by atoms with Crippen LogP contribution in [0.15, 0.2) is 0 Å². The Hall–Kier alpha value is -0.220. The zero-order chi connectivity index (χ0) is 10.6. The van der Waals surface area contributed by atoms with Crippen LogP contribution in [-0.4, -0.2) is 32.7 Å². The van der Waals surface area contributed by atoms with Crippen molar-refractivity contribution < 1.29 is 13.5 Å². The summed E-state index contributed by atoms with van der Waals surface area (Å²) >= 11 is 0. The molecule has 0 aliphatic heterocycles. The molecule has 1 unspecified atom stereocenters. The second-order valence-corrected chi connectivity index (χ2v) is 4.22. The van der Waals surface area contributed by atoms with E-state index in [2.05, 4.69) is 12.2 Å². The quantitative estimate of drug-likeness (QED) is 0.688. The Morgan fingerprint density at radius 1 is 1.50 bits per heavy atom. The van der Waals surface area contributed by atoms with Crippen LogP contribution >= 0.6 is 0 Å². The van der Waals surface area contributed by atoms with E-state index >= 15 is 0 Å². The number of hydrogen-bond donors (Lipinski definition) is 1. The van der Waals surface area contributed by atoms with Crippen LogP contribution < -0.4 is 5.32 Å². The highest BCUT2D eigenvalue weighted by Gasteiger charge is 2.31. The van der Waals surface area contributed by atoms with E-state index in [1.54, 1.807) is 0 Å². The van der Waals surface area contributed by atoms with Crippen LogP contribution in [-0.2, 0) is 4.74 Å². The van der Waals surface area contributed by atoms with Crippen LogP contribution in [0.4, 0.5) is 8.78 Å². The summed E-state index contributed by atoms with van der Waals surface area (Å²) in [5.74, 6) is -1.59. The van der Waals surface area contributed by atoms with Gasteiger partial charge in [0.05, 0.1) is 6.54 Å². The van der Waals surface area contributed by atoms with Crippen molar-refractivity contribution in [1.29, 1.82) is 0 Å². The fourth-order valence-corrected chi connectivity index (χ4v) is 1.51. The summed E-state index contributed by atoms with van der Waals surface area (Å²) in [7, 11) is 1.51. The topological polar surface area (TPSA) is 21.3 Å². The van der Waals surface area contributed by atoms with Gasteiger partial charge in [-0.2, -0.15) is 0 Å². The predicted octanol–water partition coefficient (Wildman–Crippen LogP) is 1.90. The molecule has 1 atom stereocenters. The molecule has 1 N–H and O–H groups in total. The summed E-state index contributed by atoms with van der Waals surface area (Å²) < 4.78 is 30.8. The van der Waals surface area contributed by atoms with E-state index in [-0.39, 0.29) is 6.54 Å². The zero-order valence-corrected chi connectivity index (χ0v) is 8.85. The lowest BCUT2D eigenvalue weighted by Gasteiger charge is -2.17. The number of halogens is 2. The van der Waals surface area contributed by atoms with Crippen molar-refractivity contribution in [1.82, 2.24) is 5.32 Å². The fraction of sp³-hybridized carbons (Fsp3) is 1.00. The van der Waals surface area contributed by atoms with Gasteiger partial charge >= 0.3 is 0 Å². The largest absolute Gasteiger partial charge is 0.375 e. The Balaban J connectivity index is 2.06. The first kappa shape index (κ1) is 11.9. The number of nitrogens with one attached hydrogen (secondary N) is 1. The molecule has 1 aliphatic carbocycles. The molecule has 0 bridgehead atoms. The molecule has 0 spiro atoms. The van der Waals surface area contributed by atoms with Crippen LogP contribution in [0.1, 0.15) is 19.8 Å². The average Bonchev–Trinajstić information content (AvgIpc) is 2.85. The summed E-state index contributed by atoms with van der Waals surface area (Å²) in [4.78, 5) is 0. The molecule has 1 rings (SSSR count). The van der Waals surface area contributed by atoms with Crippen molar-refractivity contribution in [2.75, 3.05) is 26.8 Å². The van der Waals surface area contributed by atoms with Crippen molar-refractivity contribution in [3.8, 4) is 0 Å². The second-order valence-electron chi connectivity index (χ2n) is 4.22. The van der Waals surface area contributed by atoms with Gasteiger partial charge in [-0.05, 0) is 31.7 Å². The van der Waals surface area contributed by atoms with E-state index in [1.807, 2.05) is 0 Å². The lowest BCUT2D eigenvalue weighted by Crippen LogP contribution is -2.35. The van der Waals surface area contributed by atoms with Gasteiger partial charge in [0.15, 0.2) is 0 Å². The smallest absolute Gasteiger partial charge is 0.283 e. The molecule has 84 valence electrons. The van der Waals surface area contributed by atoms with Gasteiger partial charge in [0.25, 0.3) is 5.92 Å². The number of hydrogen-bond acceptors (Lipinski definition) is 2. The van der Waals surface area contributed by atoms with Gasteiger partial charge in [0, 0.05) is 6.61 Å². The van der Waals surface area contributed by atoms with Crippen LogP contribution in [0.25, 0.3) is 0 Å². The Bertz CT molecular complexity index is 172. The summed E-state index contributed by atoms with van der Waals surface area (Å²) in [6.45, 7) is 1.74. The monoisotopic (exact) mass is 207 g/mol. The fourth-order valence-electron chi connectivity index (χ4n) is 1.51. The van der Waals surface area contributed by atoms with E-state index in [0.717, 1.165) is 0 Å². The van der Waals surface area contributed by atoms with E-state index in [4.69, 9.17) is 4.74 Å². The van der Waals surface area contributed by atoms with Crippen LogP contribution in [0, 0.1) is 11.8 Å². The van der Waals surface area contributed by atoms with Crippen LogP contribution in [0.2, 0.25) is 0 Å². The number of alkyl halides is 2. The molecular weight excluding hydrogens is 188 g/mol. The molecule has 0 aromatic rings. The highest BCUT2D eigenvalue weighted by Crippen LogP contribution is 2.36. The average molecular weight is 207 g/mol. The molecule has 0 aromatic carbocycles. The van der Waals surface area contributed by atoms with E-state index in [0.29, 0.717) is 18.4 Å². The number of rotatable bonds is 7. The molecule has 1 saturated carbocycles. The third-order valence-electron chi connectivity index (χ3n) is 2.56. The predicted molar refractivity (Wildman–Crippen MR) is 51.6 cm³/mol. The maximum Gasteiger partial charge on any atom is 0.283 e. The van der Waals surface area contributed by atoms with Gasteiger partial charge < -0.3 is 10.1 Å². The summed E-state index contributed by atoms with van der Waals surface area (Å²) in [6.07, 6.45) is 2.47. The van der Waals surface area contributed by atoms with Crippen molar-refractivity contribution in [3.05, 3.63) is 0 Å². The normalized spacial score (nSPS) is 19.7. The third-order valence-corrected chi connectivity index (χ3v) is 2.56. The van der Waals surface area contributed by atoms with Gasteiger partial charge in [-0.15, -0.1) is 0 Å². The molecule has 4 heteroatoms. The molecule has 0 radical (unpaired) electrons. The SMILES string of the molecule is CNCC(F)(F)COCC(C)C1CC1. The lowest BCUT2D eigenvalue weighted by molar-refractivity contribution is -0.0799. The maximum absolute atomic E-state index is 12.9. The molecule has 0 aromatic heterocycles. The van der Waals surface area contributed by atoms with Gasteiger partial charge in [-0.25, -0.2) is 8.78 Å². The molecule has 1 aliphatic rings. The van der Waals surface area contributed by atoms with E-state index < -0.39 is 12.5 Å². The number of ether oxygens (including phenoxy) is 1. The Morgan fingerprint density at radius 3 is 2.64 bits per heavy atom. The van der Waals surface area contributed by atoms with Crippen LogP contribution in [0.3, 0.4) is 0 Å². The minimum absolute atomic E-state index is 0.315. The second kappa shape index (κ2) is 5.03. The van der Waals surface area contributed by atoms with Crippen LogP contribution in [0.5, 0.6) is 0 Å². The maximum atomic E-state index is 12.9. The first-order chi connectivity index (χ1) is 6.55. The highest BCUT2D eigenvalue weighted by atomic mass is 19.3. The minimum atomic E-state index is -2.74. The lowest BCUT2D eigenvalue weighted by atomic mass is 10.1. The molecule has 2 nitrogen and oxygen atoms in total. The first-order valence-electron chi connectivity index (χ1n) is 5.15. The molecular formula is C10H19F2NO. The highest BCUT2D eigenvalue weighted by molar-refractivity contribution is 4.78. The Morgan fingerprint density at radius 2 is 2.14 bits per heavy atom. The van der Waals surface area contributed by atoms with Crippen molar-refractivity contribution >= 4 is 0 Å². The van der Waals surface area contributed by atoms with Gasteiger partial charge in [-0.3, -0.25) is 0 Å².